The van der Waals surface area contributed by atoms with Gasteiger partial charge in [-0.2, -0.15) is 0 Å². The van der Waals surface area contributed by atoms with Gasteiger partial charge >= 0.3 is 0 Å². The van der Waals surface area contributed by atoms with Crippen molar-refractivity contribution in [1.82, 2.24) is 5.48 Å². The van der Waals surface area contributed by atoms with Crippen LogP contribution in [0, 0.1) is 6.07 Å². The predicted molar refractivity (Wildman–Crippen MR) is 60.3 cm³/mol. The molecule has 0 fully saturated rings. The Morgan fingerprint density at radius 3 is 3.25 bits per heavy atom. The van der Waals surface area contributed by atoms with Gasteiger partial charge in [-0.05, 0) is 18.2 Å². The number of allylic oxidation sites excluding steroid dienone is 2. The quantitative estimate of drug-likeness (QED) is 0.615. The highest BCUT2D eigenvalue weighted by molar-refractivity contribution is 5.78. The largest absolute Gasteiger partial charge is 0.390 e. The second kappa shape index (κ2) is 5.60. The summed E-state index contributed by atoms with van der Waals surface area (Å²) in [5.41, 5.74) is 4.38. The maximum Gasteiger partial charge on any atom is 0.159 e. The lowest BCUT2D eigenvalue weighted by atomic mass is 10.2. The molecule has 4 heteroatoms. The molecule has 4 nitrogen and oxygen atoms in total. The van der Waals surface area contributed by atoms with Crippen molar-refractivity contribution in [2.45, 2.75) is 0 Å². The molecule has 81 valence electrons. The molecule has 1 aromatic carbocycles. The van der Waals surface area contributed by atoms with Crippen LogP contribution in [0.3, 0.4) is 0 Å². The van der Waals surface area contributed by atoms with E-state index < -0.39 is 0 Å². The Bertz CT molecular complexity index is 410. The molecular weight excluding hydrogens is 204 g/mol. The van der Waals surface area contributed by atoms with Gasteiger partial charge in [0.25, 0.3) is 0 Å². The number of nitrogens with one attached hydrogen (secondary N) is 1. The topological polar surface area (TPSA) is 42.9 Å². The average molecular weight is 215 g/mol. The maximum atomic E-state index is 5.08. The molecule has 0 saturated heterocycles. The van der Waals surface area contributed by atoms with Gasteiger partial charge in [-0.15, -0.1) is 0 Å². The first kappa shape index (κ1) is 10.3. The first-order valence-corrected chi connectivity index (χ1v) is 4.84. The van der Waals surface area contributed by atoms with Crippen LogP contribution in [0.2, 0.25) is 0 Å². The van der Waals surface area contributed by atoms with E-state index in [-0.39, 0.29) is 0 Å². The zero-order chi connectivity index (χ0) is 11.1. The summed E-state index contributed by atoms with van der Waals surface area (Å²) in [6.45, 7) is 0.341. The molecule has 0 aromatic heterocycles. The van der Waals surface area contributed by atoms with E-state index in [2.05, 4.69) is 16.7 Å². The van der Waals surface area contributed by atoms with Crippen LogP contribution < -0.4 is 5.48 Å². The first-order valence-electron chi connectivity index (χ1n) is 4.84. The van der Waals surface area contributed by atoms with Gasteiger partial charge in [0, 0.05) is 5.56 Å². The van der Waals surface area contributed by atoms with Crippen molar-refractivity contribution < 1.29 is 9.68 Å². The Kier molecular flexibility index (Phi) is 3.60. The average Bonchev–Trinajstić information content (AvgIpc) is 2.37. The molecule has 0 bridgehead atoms. The van der Waals surface area contributed by atoms with Crippen molar-refractivity contribution in [2.75, 3.05) is 6.61 Å². The van der Waals surface area contributed by atoms with E-state index in [1.807, 2.05) is 30.3 Å². The minimum Gasteiger partial charge on any atom is -0.390 e. The summed E-state index contributed by atoms with van der Waals surface area (Å²) in [5.74, 6) is 0. The van der Waals surface area contributed by atoms with Gasteiger partial charge in [0.05, 0.1) is 11.9 Å². The monoisotopic (exact) mass is 215 g/mol. The highest BCUT2D eigenvalue weighted by atomic mass is 16.7. The van der Waals surface area contributed by atoms with E-state index >= 15 is 0 Å². The third kappa shape index (κ3) is 3.16. The molecule has 2 rings (SSSR count). The molecule has 0 spiro atoms. The van der Waals surface area contributed by atoms with Gasteiger partial charge in [-0.1, -0.05) is 29.4 Å². The normalized spacial score (nSPS) is 14.1. The summed E-state index contributed by atoms with van der Waals surface area (Å²) in [4.78, 5) is 9.94. The van der Waals surface area contributed by atoms with E-state index in [1.165, 1.54) is 0 Å². The second-order valence-corrected chi connectivity index (χ2v) is 3.07. The van der Waals surface area contributed by atoms with Crippen LogP contribution >= 0.6 is 0 Å². The molecule has 0 unspecified atom stereocenters. The van der Waals surface area contributed by atoms with Gasteiger partial charge in [-0.25, -0.2) is 5.48 Å². The summed E-state index contributed by atoms with van der Waals surface area (Å²) in [6.07, 6.45) is 6.79. The van der Waals surface area contributed by atoms with Gasteiger partial charge in [-0.3, -0.25) is 0 Å². The number of oxime groups is 1. The highest BCUT2D eigenvalue weighted by Crippen LogP contribution is 1.98. The number of nitrogens with zero attached hydrogens (tertiary/aromatic N) is 1. The van der Waals surface area contributed by atoms with E-state index in [1.54, 1.807) is 18.6 Å². The zero-order valence-electron chi connectivity index (χ0n) is 8.59. The van der Waals surface area contributed by atoms with Crippen LogP contribution in [0.25, 0.3) is 0 Å². The summed E-state index contributed by atoms with van der Waals surface area (Å²) in [7, 11) is 0. The minimum atomic E-state index is 0.341. The molecule has 1 radical (unpaired) electrons. The minimum absolute atomic E-state index is 0.341. The van der Waals surface area contributed by atoms with Crippen molar-refractivity contribution >= 4 is 6.21 Å². The molecule has 0 atom stereocenters. The zero-order valence-corrected chi connectivity index (χ0v) is 8.59. The van der Waals surface area contributed by atoms with Gasteiger partial charge in [0.1, 0.15) is 6.26 Å². The number of hydrogen-bond acceptors (Lipinski definition) is 4. The van der Waals surface area contributed by atoms with Crippen molar-refractivity contribution in [2.24, 2.45) is 5.16 Å². The summed E-state index contributed by atoms with van der Waals surface area (Å²) in [6, 6.07) is 10.6. The summed E-state index contributed by atoms with van der Waals surface area (Å²) >= 11 is 0. The molecule has 1 aromatic rings. The SMILES string of the molecule is [c]1ccccc1/C=N/OCC1=CC=CON1. The molecule has 1 aliphatic rings. The van der Waals surface area contributed by atoms with Crippen molar-refractivity contribution in [3.05, 3.63) is 60.0 Å². The van der Waals surface area contributed by atoms with Crippen molar-refractivity contribution in [3.63, 3.8) is 0 Å². The highest BCUT2D eigenvalue weighted by Gasteiger charge is 1.98. The third-order valence-corrected chi connectivity index (χ3v) is 1.85. The number of rotatable bonds is 4. The molecule has 16 heavy (non-hydrogen) atoms. The van der Waals surface area contributed by atoms with Crippen LogP contribution in [-0.4, -0.2) is 12.8 Å². The van der Waals surface area contributed by atoms with E-state index in [0.29, 0.717) is 6.61 Å². The van der Waals surface area contributed by atoms with E-state index in [4.69, 9.17) is 9.68 Å². The summed E-state index contributed by atoms with van der Waals surface area (Å²) in [5, 5.41) is 3.82. The third-order valence-electron chi connectivity index (χ3n) is 1.85. The van der Waals surface area contributed by atoms with Crippen molar-refractivity contribution in [1.29, 1.82) is 0 Å². The molecule has 1 N–H and O–H groups in total. The fourth-order valence-corrected chi connectivity index (χ4v) is 1.10. The Hall–Kier alpha value is -2.23. The fraction of sp³-hybridized carbons (Fsp3) is 0.0833. The van der Waals surface area contributed by atoms with E-state index in [0.717, 1.165) is 11.3 Å². The molecule has 0 saturated carbocycles. The lowest BCUT2D eigenvalue weighted by Crippen LogP contribution is -2.16. The van der Waals surface area contributed by atoms with Crippen LogP contribution in [0.15, 0.2) is 53.5 Å². The van der Waals surface area contributed by atoms with Gasteiger partial charge in [0.15, 0.2) is 6.61 Å². The Morgan fingerprint density at radius 2 is 2.50 bits per heavy atom. The fourth-order valence-electron chi connectivity index (χ4n) is 1.10. The first-order chi connectivity index (χ1) is 7.95. The Morgan fingerprint density at radius 1 is 1.50 bits per heavy atom. The van der Waals surface area contributed by atoms with Gasteiger partial charge in [0.2, 0.25) is 0 Å². The van der Waals surface area contributed by atoms with Crippen LogP contribution in [0.1, 0.15) is 5.56 Å². The van der Waals surface area contributed by atoms with Crippen LogP contribution in [0.5, 0.6) is 0 Å². The molecule has 1 heterocycles. The lowest BCUT2D eigenvalue weighted by Gasteiger charge is -2.10. The molecular formula is C12H11N2O2. The second-order valence-electron chi connectivity index (χ2n) is 3.07. The Balaban J connectivity index is 1.78. The van der Waals surface area contributed by atoms with E-state index in [9.17, 15) is 0 Å². The Labute approximate surface area is 93.8 Å². The maximum absolute atomic E-state index is 5.08. The molecule has 0 amide bonds. The molecule has 0 aliphatic carbocycles. The molecule has 1 aliphatic heterocycles. The number of benzene rings is 1. The van der Waals surface area contributed by atoms with Crippen LogP contribution in [0.4, 0.5) is 0 Å². The summed E-state index contributed by atoms with van der Waals surface area (Å²) < 4.78 is 0. The lowest BCUT2D eigenvalue weighted by molar-refractivity contribution is 0.111. The standard InChI is InChI=1S/C12H11N2O2/c1-2-5-11(6-3-1)9-13-16-10-12-7-4-8-15-14-12/h1-5,7-9,14H,10H2/b13-9+. The smallest absolute Gasteiger partial charge is 0.159 e. The van der Waals surface area contributed by atoms with Crippen LogP contribution in [-0.2, 0) is 9.68 Å². The predicted octanol–water partition coefficient (Wildman–Crippen LogP) is 1.77. The van der Waals surface area contributed by atoms with Gasteiger partial charge < -0.3 is 9.68 Å². The number of hydroxylamine groups is 1. The van der Waals surface area contributed by atoms with Crippen molar-refractivity contribution in [3.8, 4) is 0 Å². The number of hydrogen-bond donors (Lipinski definition) is 1.